The number of alkyl halides is 6. The van der Waals surface area contributed by atoms with Gasteiger partial charge < -0.3 is 9.47 Å². The van der Waals surface area contributed by atoms with E-state index in [1.807, 2.05) is 0 Å². The number of ether oxygens (including phenoxy) is 2. The van der Waals surface area contributed by atoms with Crippen LogP contribution in [0.5, 0.6) is 0 Å². The van der Waals surface area contributed by atoms with E-state index in [-0.39, 0.29) is 25.0 Å². The zero-order valence-corrected chi connectivity index (χ0v) is 13.3. The van der Waals surface area contributed by atoms with Crippen LogP contribution < -0.4 is 0 Å². The second-order valence-electron chi connectivity index (χ2n) is 2.95. The molecule has 0 atom stereocenters. The van der Waals surface area contributed by atoms with Crippen LogP contribution in [0.3, 0.4) is 0 Å². The molecule has 0 aliphatic rings. The molecule has 0 rings (SSSR count). The van der Waals surface area contributed by atoms with Gasteiger partial charge in [-0.25, -0.2) is 9.59 Å². The van der Waals surface area contributed by atoms with Gasteiger partial charge in [-0.15, -0.1) is 23.2 Å². The smallest absolute Gasteiger partial charge is 0.344 e. The van der Waals surface area contributed by atoms with Gasteiger partial charge in [-0.05, 0) is 0 Å². The van der Waals surface area contributed by atoms with E-state index < -0.39 is 20.6 Å². The lowest BCUT2D eigenvalue weighted by Crippen LogP contribution is -2.33. The van der Waals surface area contributed by atoms with Gasteiger partial charge in [-0.2, -0.15) is 0 Å². The van der Waals surface area contributed by atoms with Gasteiger partial charge in [0.25, 0.3) is 0 Å². The number of rotatable bonds is 7. The van der Waals surface area contributed by atoms with E-state index in [0.717, 1.165) is 0 Å². The molecular weight excluding hydrogens is 373 g/mol. The first-order chi connectivity index (χ1) is 8.17. The van der Waals surface area contributed by atoms with Crippen LogP contribution in [0, 0.1) is 0 Å². The topological polar surface area (TPSA) is 52.6 Å². The molecule has 0 radical (unpaired) electrons. The number of halogens is 6. The molecule has 10 heteroatoms. The van der Waals surface area contributed by atoms with E-state index in [0.29, 0.717) is 0 Å². The van der Waals surface area contributed by atoms with Crippen LogP contribution in [-0.2, 0) is 19.1 Å². The Kier molecular flexibility index (Phi) is 8.38. The number of hydrogen-bond donors (Lipinski definition) is 0. The van der Waals surface area contributed by atoms with Crippen LogP contribution in [0.15, 0.2) is 0 Å². The normalized spacial score (nSPS) is 12.1. The van der Waals surface area contributed by atoms with Gasteiger partial charge in [0.2, 0.25) is 8.67 Å². The molecule has 0 amide bonds. The van der Waals surface area contributed by atoms with Gasteiger partial charge in [0.05, 0.1) is 11.8 Å². The molecule has 18 heavy (non-hydrogen) atoms. The average molecular weight is 381 g/mol. The zero-order valence-electron chi connectivity index (χ0n) is 8.73. The van der Waals surface area contributed by atoms with Crippen molar-refractivity contribution in [3.63, 3.8) is 0 Å². The largest absolute Gasteiger partial charge is 0.460 e. The minimum absolute atomic E-state index is 0.269. The van der Waals surface area contributed by atoms with Crippen molar-refractivity contribution in [2.24, 2.45) is 0 Å². The summed E-state index contributed by atoms with van der Waals surface area (Å²) < 4.78 is 5.54. The summed E-state index contributed by atoms with van der Waals surface area (Å²) in [6.45, 7) is -0.538. The summed E-state index contributed by atoms with van der Waals surface area (Å²) in [5.41, 5.74) is 0. The molecule has 0 saturated heterocycles. The molecule has 4 nitrogen and oxygen atoms in total. The Bertz CT molecular complexity index is 276. The van der Waals surface area contributed by atoms with Crippen LogP contribution in [0.25, 0.3) is 0 Å². The minimum atomic E-state index is -1.84. The van der Waals surface area contributed by atoms with Crippen molar-refractivity contribution in [3.8, 4) is 0 Å². The summed E-state index contributed by atoms with van der Waals surface area (Å²) in [7, 11) is 0. The van der Waals surface area contributed by atoms with Gasteiger partial charge >= 0.3 is 11.9 Å². The van der Waals surface area contributed by atoms with Crippen LogP contribution in [0.4, 0.5) is 0 Å². The lowest BCUT2D eigenvalue weighted by molar-refractivity contribution is -0.152. The molecule has 0 bridgehead atoms. The number of carbonyl (C=O) groups is 2. The van der Waals surface area contributed by atoms with Crippen LogP contribution in [0.1, 0.15) is 0 Å². The van der Waals surface area contributed by atoms with Crippen molar-refractivity contribution in [2.75, 3.05) is 25.0 Å². The van der Waals surface area contributed by atoms with E-state index in [1.165, 1.54) is 0 Å². The molecule has 0 fully saturated rings. The summed E-state index contributed by atoms with van der Waals surface area (Å²) in [5, 5.41) is 0. The molecule has 0 saturated carbocycles. The van der Waals surface area contributed by atoms with E-state index in [1.54, 1.807) is 0 Å². The molecule has 0 aliphatic heterocycles. The highest BCUT2D eigenvalue weighted by molar-refractivity contribution is 6.60. The maximum absolute atomic E-state index is 11.2. The van der Waals surface area contributed by atoms with Crippen molar-refractivity contribution in [1.82, 2.24) is 0 Å². The van der Waals surface area contributed by atoms with Crippen molar-refractivity contribution >= 4 is 81.5 Å². The monoisotopic (exact) mass is 378 g/mol. The molecule has 0 heterocycles. The third kappa shape index (κ3) is 6.22. The lowest BCUT2D eigenvalue weighted by Gasteiger charge is -2.16. The summed E-state index contributed by atoms with van der Waals surface area (Å²) in [6.07, 6.45) is 0. The highest BCUT2D eigenvalue weighted by Crippen LogP contribution is 2.25. The third-order valence-corrected chi connectivity index (χ3v) is 3.98. The van der Waals surface area contributed by atoms with Crippen molar-refractivity contribution < 1.29 is 19.1 Å². The van der Waals surface area contributed by atoms with Gasteiger partial charge in [0.1, 0.15) is 13.2 Å². The zero-order chi connectivity index (χ0) is 14.4. The third-order valence-electron chi connectivity index (χ3n) is 1.48. The van der Waals surface area contributed by atoms with E-state index >= 15 is 0 Å². The Balaban J connectivity index is 3.96. The van der Waals surface area contributed by atoms with Crippen molar-refractivity contribution in [3.05, 3.63) is 0 Å². The van der Waals surface area contributed by atoms with Crippen molar-refractivity contribution in [1.29, 1.82) is 0 Å². The van der Waals surface area contributed by atoms with Gasteiger partial charge in [0.15, 0.2) is 0 Å². The predicted octanol–water partition coefficient (Wildman–Crippen LogP) is 2.90. The second-order valence-corrected chi connectivity index (χ2v) is 6.45. The Labute approximate surface area is 134 Å². The highest BCUT2D eigenvalue weighted by Gasteiger charge is 2.36. The lowest BCUT2D eigenvalue weighted by atomic mass is 10.4. The second kappa shape index (κ2) is 8.08. The highest BCUT2D eigenvalue weighted by atomic mass is 35.5. The molecule has 0 aliphatic carbocycles. The molecule has 0 unspecified atom stereocenters. The Hall–Kier alpha value is 0.680. The molecular formula is C8H8Cl6O4. The summed E-state index contributed by atoms with van der Waals surface area (Å²) in [4.78, 5) is 22.4. The van der Waals surface area contributed by atoms with E-state index in [2.05, 4.69) is 9.47 Å². The first-order valence-corrected chi connectivity index (χ1v) is 6.97. The standard InChI is InChI=1S/C8H8Cl6O4/c9-3-7(11,12)5(15)17-1-2-18-6(16)8(13,14)4-10/h1-4H2. The van der Waals surface area contributed by atoms with E-state index in [4.69, 9.17) is 69.6 Å². The quantitative estimate of drug-likeness (QED) is 0.387. The number of esters is 2. The van der Waals surface area contributed by atoms with Crippen LogP contribution in [0.2, 0.25) is 0 Å². The Morgan fingerprint density at radius 3 is 1.28 bits per heavy atom. The molecule has 0 aromatic heterocycles. The maximum atomic E-state index is 11.2. The first kappa shape index (κ1) is 18.7. The maximum Gasteiger partial charge on any atom is 0.344 e. The summed E-state index contributed by atoms with van der Waals surface area (Å²) >= 11 is 32.7. The molecule has 0 aromatic carbocycles. The fourth-order valence-electron chi connectivity index (χ4n) is 0.589. The average Bonchev–Trinajstić information content (AvgIpc) is 2.33. The fraction of sp³-hybridized carbons (Fsp3) is 0.750. The van der Waals surface area contributed by atoms with Crippen LogP contribution in [-0.4, -0.2) is 45.6 Å². The molecule has 0 spiro atoms. The van der Waals surface area contributed by atoms with Gasteiger partial charge in [0, 0.05) is 0 Å². The molecule has 0 N–H and O–H groups in total. The SMILES string of the molecule is O=C(OCCOC(=O)C(Cl)(Cl)CCl)C(Cl)(Cl)CCl. The van der Waals surface area contributed by atoms with Gasteiger partial charge in [-0.1, -0.05) is 46.4 Å². The first-order valence-electron chi connectivity index (χ1n) is 4.39. The number of hydrogen-bond acceptors (Lipinski definition) is 4. The van der Waals surface area contributed by atoms with Crippen LogP contribution >= 0.6 is 69.6 Å². The minimum Gasteiger partial charge on any atom is -0.460 e. The summed E-state index contributed by atoms with van der Waals surface area (Å²) in [5.74, 6) is -2.57. The Morgan fingerprint density at radius 2 is 1.06 bits per heavy atom. The van der Waals surface area contributed by atoms with E-state index in [9.17, 15) is 9.59 Å². The van der Waals surface area contributed by atoms with Gasteiger partial charge in [-0.3, -0.25) is 0 Å². The molecule has 0 aromatic rings. The van der Waals surface area contributed by atoms with Crippen molar-refractivity contribution in [2.45, 2.75) is 8.67 Å². The predicted molar refractivity (Wildman–Crippen MR) is 72.2 cm³/mol. The fourth-order valence-corrected chi connectivity index (χ4v) is 1.03. The molecule has 106 valence electrons. The summed E-state index contributed by atoms with van der Waals surface area (Å²) in [6, 6.07) is 0. The number of carbonyl (C=O) groups excluding carboxylic acids is 2. The Morgan fingerprint density at radius 1 is 0.778 bits per heavy atom.